The van der Waals surface area contributed by atoms with E-state index in [9.17, 15) is 5.11 Å². The molecule has 0 spiro atoms. The van der Waals surface area contributed by atoms with Crippen LogP contribution in [0.25, 0.3) is 20.8 Å². The van der Waals surface area contributed by atoms with Crippen molar-refractivity contribution >= 4 is 33.1 Å². The smallest absolute Gasteiger partial charge is 0.126 e. The minimum atomic E-state index is -0.00213. The zero-order chi connectivity index (χ0) is 16.4. The molecule has 0 aliphatic carbocycles. The largest absolute Gasteiger partial charge is 0.394 e. The third-order valence-corrected chi connectivity index (χ3v) is 4.79. The maximum absolute atomic E-state index is 9.61. The number of fused-ring (bicyclic) bond motifs is 1. The fourth-order valence-corrected chi connectivity index (χ4v) is 3.69. The van der Waals surface area contributed by atoms with Crippen LogP contribution in [0.3, 0.4) is 0 Å². The van der Waals surface area contributed by atoms with Gasteiger partial charge in [0, 0.05) is 18.3 Å². The van der Waals surface area contributed by atoms with Crippen molar-refractivity contribution in [3.63, 3.8) is 0 Å². The minimum Gasteiger partial charge on any atom is -0.394 e. The summed E-state index contributed by atoms with van der Waals surface area (Å²) in [6.07, 6.45) is 2.62. The molecule has 0 saturated heterocycles. The van der Waals surface area contributed by atoms with Crippen LogP contribution in [0, 0.1) is 5.92 Å². The molecule has 3 aromatic rings. The van der Waals surface area contributed by atoms with Crippen molar-refractivity contribution in [3.05, 3.63) is 24.4 Å². The summed E-state index contributed by atoms with van der Waals surface area (Å²) in [4.78, 5) is 5.47. The first kappa shape index (κ1) is 15.8. The van der Waals surface area contributed by atoms with Crippen LogP contribution in [0.4, 0.5) is 11.5 Å². The van der Waals surface area contributed by atoms with E-state index in [-0.39, 0.29) is 12.6 Å². The number of aliphatic hydroxyl groups excluding tert-OH is 1. The first-order valence-corrected chi connectivity index (χ1v) is 8.45. The Hall–Kier alpha value is -2.12. The summed E-state index contributed by atoms with van der Waals surface area (Å²) < 4.78 is 1.03. The summed E-state index contributed by atoms with van der Waals surface area (Å²) >= 11 is 1.63. The lowest BCUT2D eigenvalue weighted by Crippen LogP contribution is -2.25. The number of aliphatic hydroxyl groups is 1. The molecule has 0 aromatic carbocycles. The molecule has 0 radical (unpaired) electrons. The molecular formula is C16H21N5OS. The van der Waals surface area contributed by atoms with Gasteiger partial charge in [0.1, 0.15) is 5.82 Å². The molecule has 3 heterocycles. The number of pyridine rings is 1. The normalized spacial score (nSPS) is 12.9. The van der Waals surface area contributed by atoms with Crippen LogP contribution < -0.4 is 11.1 Å². The molecule has 6 nitrogen and oxygen atoms in total. The first-order valence-electron chi connectivity index (χ1n) is 7.64. The standard InChI is InChI=1S/C16H21N5OS/c1-9(2)5-10(8-22)19-13-7-15(17)20-12-6-14(23-16(12)13)11-3-4-18-21-11/h3-4,6-7,9-10,22H,5,8H2,1-2H3,(H,18,21)(H3,17,19,20)/t10-/m1/s1. The second kappa shape index (κ2) is 6.55. The van der Waals surface area contributed by atoms with E-state index < -0.39 is 0 Å². The second-order valence-electron chi connectivity index (χ2n) is 6.04. The lowest BCUT2D eigenvalue weighted by molar-refractivity contribution is 0.259. The summed E-state index contributed by atoms with van der Waals surface area (Å²) in [6.45, 7) is 4.37. The predicted octanol–water partition coefficient (Wildman–Crippen LogP) is 3.09. The van der Waals surface area contributed by atoms with E-state index >= 15 is 0 Å². The van der Waals surface area contributed by atoms with Crippen LogP contribution in [0.1, 0.15) is 20.3 Å². The maximum atomic E-state index is 9.61. The molecule has 5 N–H and O–H groups in total. The van der Waals surface area contributed by atoms with E-state index in [2.05, 4.69) is 34.3 Å². The Morgan fingerprint density at radius 2 is 2.22 bits per heavy atom. The van der Waals surface area contributed by atoms with E-state index in [0.717, 1.165) is 32.9 Å². The van der Waals surface area contributed by atoms with Gasteiger partial charge in [-0.25, -0.2) is 4.98 Å². The van der Waals surface area contributed by atoms with Gasteiger partial charge in [0.05, 0.1) is 33.1 Å². The number of aromatic amines is 1. The number of nitrogens with zero attached hydrogens (tertiary/aromatic N) is 2. The quantitative estimate of drug-likeness (QED) is 0.556. The summed E-state index contributed by atoms with van der Waals surface area (Å²) in [5.74, 6) is 0.966. The molecule has 122 valence electrons. The van der Waals surface area contributed by atoms with Crippen LogP contribution >= 0.6 is 11.3 Å². The summed E-state index contributed by atoms with van der Waals surface area (Å²) in [7, 11) is 0. The SMILES string of the molecule is CC(C)C[C@H](CO)Nc1cc(N)nc2cc(-c3ccn[nH]3)sc12. The summed E-state index contributed by atoms with van der Waals surface area (Å²) in [6, 6.07) is 5.76. The van der Waals surface area contributed by atoms with Gasteiger partial charge in [0.15, 0.2) is 0 Å². The topological polar surface area (TPSA) is 99.8 Å². The van der Waals surface area contributed by atoms with E-state index in [4.69, 9.17) is 5.73 Å². The van der Waals surface area contributed by atoms with E-state index in [1.54, 1.807) is 17.5 Å². The van der Waals surface area contributed by atoms with Gasteiger partial charge < -0.3 is 16.2 Å². The molecule has 0 fully saturated rings. The number of nitrogens with one attached hydrogen (secondary N) is 2. The highest BCUT2D eigenvalue weighted by Crippen LogP contribution is 2.37. The van der Waals surface area contributed by atoms with Crippen LogP contribution in [0.2, 0.25) is 0 Å². The van der Waals surface area contributed by atoms with Gasteiger partial charge in [0.25, 0.3) is 0 Å². The zero-order valence-electron chi connectivity index (χ0n) is 13.2. The second-order valence-corrected chi connectivity index (χ2v) is 7.10. The molecule has 23 heavy (non-hydrogen) atoms. The first-order chi connectivity index (χ1) is 11.1. The van der Waals surface area contributed by atoms with Crippen molar-refractivity contribution in [2.45, 2.75) is 26.3 Å². The number of nitrogen functional groups attached to an aromatic ring is 1. The lowest BCUT2D eigenvalue weighted by Gasteiger charge is -2.20. The van der Waals surface area contributed by atoms with Crippen molar-refractivity contribution in [1.29, 1.82) is 0 Å². The Bertz CT molecular complexity index is 781. The third-order valence-electron chi connectivity index (χ3n) is 3.60. The number of H-pyrrole nitrogens is 1. The lowest BCUT2D eigenvalue weighted by atomic mass is 10.0. The number of anilines is 2. The van der Waals surface area contributed by atoms with Crippen molar-refractivity contribution in [3.8, 4) is 10.6 Å². The summed E-state index contributed by atoms with van der Waals surface area (Å²) in [5.41, 5.74) is 8.67. The fourth-order valence-electron chi connectivity index (χ4n) is 2.64. The zero-order valence-corrected chi connectivity index (χ0v) is 14.0. The van der Waals surface area contributed by atoms with Gasteiger partial charge in [-0.3, -0.25) is 5.10 Å². The van der Waals surface area contributed by atoms with Crippen LogP contribution in [0.5, 0.6) is 0 Å². The minimum absolute atomic E-state index is 0.00213. The Morgan fingerprint density at radius 1 is 1.39 bits per heavy atom. The molecule has 3 aromatic heterocycles. The van der Waals surface area contributed by atoms with Gasteiger partial charge in [-0.05, 0) is 24.5 Å². The number of nitrogens with two attached hydrogens (primary N) is 1. The monoisotopic (exact) mass is 331 g/mol. The highest BCUT2D eigenvalue weighted by atomic mass is 32.1. The van der Waals surface area contributed by atoms with Gasteiger partial charge in [-0.15, -0.1) is 11.3 Å². The van der Waals surface area contributed by atoms with E-state index in [0.29, 0.717) is 11.7 Å². The van der Waals surface area contributed by atoms with Gasteiger partial charge in [-0.1, -0.05) is 13.8 Å². The predicted molar refractivity (Wildman–Crippen MR) is 95.6 cm³/mol. The highest BCUT2D eigenvalue weighted by Gasteiger charge is 2.15. The van der Waals surface area contributed by atoms with Crippen LogP contribution in [-0.2, 0) is 0 Å². The van der Waals surface area contributed by atoms with E-state index in [1.165, 1.54) is 0 Å². The average molecular weight is 331 g/mol. The van der Waals surface area contributed by atoms with Gasteiger partial charge in [-0.2, -0.15) is 5.10 Å². The van der Waals surface area contributed by atoms with Crippen molar-refractivity contribution in [1.82, 2.24) is 15.2 Å². The molecule has 0 bridgehead atoms. The molecule has 0 aliphatic heterocycles. The molecule has 0 unspecified atom stereocenters. The van der Waals surface area contributed by atoms with Crippen LogP contribution in [0.15, 0.2) is 24.4 Å². The van der Waals surface area contributed by atoms with Crippen molar-refractivity contribution in [2.24, 2.45) is 5.92 Å². The molecule has 3 rings (SSSR count). The van der Waals surface area contributed by atoms with Crippen molar-refractivity contribution < 1.29 is 5.11 Å². The van der Waals surface area contributed by atoms with Crippen molar-refractivity contribution in [2.75, 3.05) is 17.7 Å². The number of rotatable bonds is 6. The molecule has 0 aliphatic rings. The molecule has 1 atom stereocenters. The molecule has 7 heteroatoms. The number of hydrogen-bond acceptors (Lipinski definition) is 6. The van der Waals surface area contributed by atoms with E-state index in [1.807, 2.05) is 18.2 Å². The molecule has 0 amide bonds. The molecular weight excluding hydrogens is 310 g/mol. The van der Waals surface area contributed by atoms with Gasteiger partial charge >= 0.3 is 0 Å². The maximum Gasteiger partial charge on any atom is 0.126 e. The van der Waals surface area contributed by atoms with Crippen LogP contribution in [-0.4, -0.2) is 32.9 Å². The Balaban J connectivity index is 1.98. The highest BCUT2D eigenvalue weighted by molar-refractivity contribution is 7.22. The number of hydrogen-bond donors (Lipinski definition) is 4. The number of aromatic nitrogens is 3. The summed E-state index contributed by atoms with van der Waals surface area (Å²) in [5, 5.41) is 20.0. The fraction of sp³-hybridized carbons (Fsp3) is 0.375. The number of thiophene rings is 1. The van der Waals surface area contributed by atoms with Gasteiger partial charge in [0.2, 0.25) is 0 Å². The third kappa shape index (κ3) is 3.46. The Morgan fingerprint density at radius 3 is 2.87 bits per heavy atom. The average Bonchev–Trinajstić information content (AvgIpc) is 3.14. The Kier molecular flexibility index (Phi) is 4.49. The Labute approximate surface area is 138 Å². The molecule has 0 saturated carbocycles.